The molecule has 32 heavy (non-hydrogen) atoms. The molecule has 0 saturated carbocycles. The zero-order valence-electron chi connectivity index (χ0n) is 18.0. The van der Waals surface area contributed by atoms with Crippen molar-refractivity contribution in [2.24, 2.45) is 0 Å². The second-order valence-corrected chi connectivity index (χ2v) is 8.39. The molecule has 1 unspecified atom stereocenters. The molecule has 3 aromatic carbocycles. The molecule has 2 aliphatic rings. The molecule has 5 heteroatoms. The Labute approximate surface area is 186 Å². The van der Waals surface area contributed by atoms with Crippen LogP contribution in [0.5, 0.6) is 11.5 Å². The van der Waals surface area contributed by atoms with Crippen molar-refractivity contribution in [2.75, 3.05) is 13.7 Å². The van der Waals surface area contributed by atoms with E-state index in [-0.39, 0.29) is 30.2 Å². The Morgan fingerprint density at radius 3 is 2.78 bits per heavy atom. The van der Waals surface area contributed by atoms with Crippen molar-refractivity contribution in [3.05, 3.63) is 94.3 Å². The standard InChI is InChI=1S/C27H25FO4/c1-30-26(29)14-19-16-31-25-15-20(8-9-21(19)25)32-24-12-10-22-18(7-11-23(28)27(22)24)13-17-5-3-2-4-6-17/h2-9,11,15,19,24H,10,12-14,16H2,1H3/t19?,24-/m1/s1. The molecule has 164 valence electrons. The van der Waals surface area contributed by atoms with Crippen molar-refractivity contribution in [3.8, 4) is 11.5 Å². The van der Waals surface area contributed by atoms with Crippen molar-refractivity contribution in [1.82, 2.24) is 0 Å². The van der Waals surface area contributed by atoms with Gasteiger partial charge in [-0.25, -0.2) is 4.39 Å². The van der Waals surface area contributed by atoms with Gasteiger partial charge in [0.05, 0.1) is 20.1 Å². The van der Waals surface area contributed by atoms with Crippen LogP contribution in [0.15, 0.2) is 60.7 Å². The van der Waals surface area contributed by atoms with Gasteiger partial charge in [0.25, 0.3) is 0 Å². The van der Waals surface area contributed by atoms with E-state index < -0.39 is 0 Å². The fourth-order valence-corrected chi connectivity index (χ4v) is 4.79. The van der Waals surface area contributed by atoms with E-state index in [1.807, 2.05) is 42.5 Å². The normalized spacial score (nSPS) is 18.6. The number of hydrogen-bond acceptors (Lipinski definition) is 4. The van der Waals surface area contributed by atoms with Gasteiger partial charge in [-0.2, -0.15) is 0 Å². The minimum atomic E-state index is -0.328. The van der Waals surface area contributed by atoms with E-state index in [1.54, 1.807) is 6.07 Å². The molecule has 0 radical (unpaired) electrons. The fraction of sp³-hybridized carbons (Fsp3) is 0.296. The Morgan fingerprint density at radius 2 is 1.97 bits per heavy atom. The molecule has 1 aliphatic heterocycles. The average Bonchev–Trinajstić information content (AvgIpc) is 3.41. The van der Waals surface area contributed by atoms with E-state index in [4.69, 9.17) is 14.2 Å². The number of hydrogen-bond donors (Lipinski definition) is 0. The lowest BCUT2D eigenvalue weighted by Crippen LogP contribution is -2.09. The van der Waals surface area contributed by atoms with Crippen molar-refractivity contribution < 1.29 is 23.4 Å². The number of ether oxygens (including phenoxy) is 3. The van der Waals surface area contributed by atoms with Gasteiger partial charge in [-0.1, -0.05) is 42.5 Å². The Bertz CT molecular complexity index is 1140. The van der Waals surface area contributed by atoms with Crippen molar-refractivity contribution in [3.63, 3.8) is 0 Å². The molecule has 0 saturated heterocycles. The van der Waals surface area contributed by atoms with Crippen LogP contribution in [0.2, 0.25) is 0 Å². The first-order chi connectivity index (χ1) is 15.6. The van der Waals surface area contributed by atoms with Crippen LogP contribution < -0.4 is 9.47 Å². The summed E-state index contributed by atoms with van der Waals surface area (Å²) in [5, 5.41) is 0. The van der Waals surface area contributed by atoms with Crippen LogP contribution in [0.25, 0.3) is 0 Å². The lowest BCUT2D eigenvalue weighted by Gasteiger charge is -2.17. The van der Waals surface area contributed by atoms with E-state index in [0.717, 1.165) is 36.0 Å². The monoisotopic (exact) mass is 432 g/mol. The largest absolute Gasteiger partial charge is 0.492 e. The number of methoxy groups -OCH3 is 1. The van der Waals surface area contributed by atoms with E-state index in [0.29, 0.717) is 23.7 Å². The summed E-state index contributed by atoms with van der Waals surface area (Å²) < 4.78 is 31.6. The van der Waals surface area contributed by atoms with Gasteiger partial charge in [0, 0.05) is 23.1 Å². The zero-order valence-corrected chi connectivity index (χ0v) is 18.0. The van der Waals surface area contributed by atoms with Gasteiger partial charge in [-0.15, -0.1) is 0 Å². The van der Waals surface area contributed by atoms with Crippen LogP contribution in [0.1, 0.15) is 52.7 Å². The van der Waals surface area contributed by atoms with Crippen LogP contribution in [0.3, 0.4) is 0 Å². The van der Waals surface area contributed by atoms with Gasteiger partial charge in [0.2, 0.25) is 0 Å². The molecule has 5 rings (SSSR count). The van der Waals surface area contributed by atoms with Crippen LogP contribution in [-0.2, 0) is 22.4 Å². The van der Waals surface area contributed by atoms with Crippen LogP contribution >= 0.6 is 0 Å². The summed E-state index contributed by atoms with van der Waals surface area (Å²) in [6, 6.07) is 19.3. The molecule has 0 aromatic heterocycles. The molecule has 0 N–H and O–H groups in total. The first kappa shape index (κ1) is 20.6. The Kier molecular flexibility index (Phi) is 5.56. The fourth-order valence-electron chi connectivity index (χ4n) is 4.79. The first-order valence-electron chi connectivity index (χ1n) is 11.0. The minimum Gasteiger partial charge on any atom is -0.492 e. The summed E-state index contributed by atoms with van der Waals surface area (Å²) in [6.45, 7) is 0.442. The first-order valence-corrected chi connectivity index (χ1v) is 11.0. The van der Waals surface area contributed by atoms with Gasteiger partial charge in [0.15, 0.2) is 0 Å². The number of carbonyl (C=O) groups is 1. The van der Waals surface area contributed by atoms with Gasteiger partial charge in [-0.3, -0.25) is 4.79 Å². The minimum absolute atomic E-state index is 0.0169. The average molecular weight is 432 g/mol. The third-order valence-corrected chi connectivity index (χ3v) is 6.40. The number of fused-ring (bicyclic) bond motifs is 2. The van der Waals surface area contributed by atoms with E-state index in [9.17, 15) is 9.18 Å². The summed E-state index contributed by atoms with van der Waals surface area (Å²) in [4.78, 5) is 11.6. The summed E-state index contributed by atoms with van der Waals surface area (Å²) in [7, 11) is 1.39. The molecule has 1 heterocycles. The van der Waals surface area contributed by atoms with E-state index >= 15 is 0 Å². The predicted molar refractivity (Wildman–Crippen MR) is 119 cm³/mol. The molecular formula is C27H25FO4. The number of halogens is 1. The number of rotatable bonds is 6. The molecule has 2 atom stereocenters. The maximum absolute atomic E-state index is 14.8. The third-order valence-electron chi connectivity index (χ3n) is 6.40. The molecule has 1 aliphatic carbocycles. The highest BCUT2D eigenvalue weighted by atomic mass is 19.1. The SMILES string of the molecule is COC(=O)CC1COc2cc(O[C@@H]3CCc4c(Cc5ccccc5)ccc(F)c43)ccc21. The molecule has 0 bridgehead atoms. The van der Waals surface area contributed by atoms with Crippen LogP contribution in [-0.4, -0.2) is 19.7 Å². The molecule has 0 amide bonds. The predicted octanol–water partition coefficient (Wildman–Crippen LogP) is 5.52. The lowest BCUT2D eigenvalue weighted by molar-refractivity contribution is -0.141. The van der Waals surface area contributed by atoms with Crippen LogP contribution in [0, 0.1) is 5.82 Å². The molecule has 4 nitrogen and oxygen atoms in total. The second-order valence-electron chi connectivity index (χ2n) is 8.39. The highest BCUT2D eigenvalue weighted by Gasteiger charge is 2.31. The number of carbonyl (C=O) groups excluding carboxylic acids is 1. The Balaban J connectivity index is 1.35. The smallest absolute Gasteiger partial charge is 0.306 e. The van der Waals surface area contributed by atoms with Crippen molar-refractivity contribution >= 4 is 5.97 Å². The molecule has 3 aromatic rings. The zero-order chi connectivity index (χ0) is 22.1. The number of esters is 1. The Hall–Kier alpha value is -3.34. The van der Waals surface area contributed by atoms with E-state index in [1.165, 1.54) is 12.7 Å². The van der Waals surface area contributed by atoms with Gasteiger partial charge < -0.3 is 14.2 Å². The maximum atomic E-state index is 14.8. The molecule has 0 spiro atoms. The highest BCUT2D eigenvalue weighted by molar-refractivity contribution is 5.71. The third kappa shape index (κ3) is 3.95. The summed E-state index contributed by atoms with van der Waals surface area (Å²) in [6.07, 6.45) is 2.27. The second kappa shape index (κ2) is 8.65. The summed E-state index contributed by atoms with van der Waals surface area (Å²) in [5.74, 6) is 0.879. The summed E-state index contributed by atoms with van der Waals surface area (Å²) >= 11 is 0. The summed E-state index contributed by atoms with van der Waals surface area (Å²) in [5.41, 5.74) is 5.08. The van der Waals surface area contributed by atoms with Crippen molar-refractivity contribution in [2.45, 2.75) is 37.7 Å². The van der Waals surface area contributed by atoms with Gasteiger partial charge in [0.1, 0.15) is 23.4 Å². The van der Waals surface area contributed by atoms with Crippen LogP contribution in [0.4, 0.5) is 4.39 Å². The maximum Gasteiger partial charge on any atom is 0.306 e. The van der Waals surface area contributed by atoms with Gasteiger partial charge in [-0.05, 0) is 48.1 Å². The molecule has 0 fully saturated rings. The number of benzene rings is 3. The van der Waals surface area contributed by atoms with Crippen molar-refractivity contribution in [1.29, 1.82) is 0 Å². The lowest BCUT2D eigenvalue weighted by atomic mass is 9.96. The van der Waals surface area contributed by atoms with Gasteiger partial charge >= 0.3 is 5.97 Å². The van der Waals surface area contributed by atoms with E-state index in [2.05, 4.69) is 12.1 Å². The highest BCUT2D eigenvalue weighted by Crippen LogP contribution is 2.42. The molecular weight excluding hydrogens is 407 g/mol. The quantitative estimate of drug-likeness (QED) is 0.481. The Morgan fingerprint density at radius 1 is 1.12 bits per heavy atom. The topological polar surface area (TPSA) is 44.8 Å².